The van der Waals surface area contributed by atoms with Crippen molar-refractivity contribution in [3.63, 3.8) is 0 Å². The van der Waals surface area contributed by atoms with Crippen LogP contribution in [0.3, 0.4) is 0 Å². The van der Waals surface area contributed by atoms with Crippen LogP contribution in [0.4, 0.5) is 0 Å². The smallest absolute Gasteiger partial charge is 0.338 e. The molecule has 0 heterocycles. The fourth-order valence-corrected chi connectivity index (χ4v) is 4.29. The van der Waals surface area contributed by atoms with Crippen LogP contribution in [0, 0.1) is 6.92 Å². The molecule has 3 heteroatoms. The van der Waals surface area contributed by atoms with Crippen LogP contribution in [0.1, 0.15) is 48.8 Å². The minimum absolute atomic E-state index is 0.299. The number of rotatable bonds is 3. The number of ether oxygens (including phenoxy) is 2. The number of fused-ring (bicyclic) bond motifs is 6. The van der Waals surface area contributed by atoms with Crippen LogP contribution in [-0.4, -0.2) is 13.1 Å². The van der Waals surface area contributed by atoms with E-state index in [2.05, 4.69) is 32.6 Å². The van der Waals surface area contributed by atoms with E-state index in [4.69, 9.17) is 9.47 Å². The molecule has 0 spiro atoms. The van der Waals surface area contributed by atoms with Gasteiger partial charge in [-0.2, -0.15) is 0 Å². The number of benzene rings is 2. The van der Waals surface area contributed by atoms with Crippen molar-refractivity contribution in [1.29, 1.82) is 0 Å². The van der Waals surface area contributed by atoms with Gasteiger partial charge in [-0.05, 0) is 33.3 Å². The highest BCUT2D eigenvalue weighted by Crippen LogP contribution is 2.60. The van der Waals surface area contributed by atoms with E-state index < -0.39 is 0 Å². The Morgan fingerprint density at radius 2 is 1.92 bits per heavy atom. The molecule has 0 aromatic heterocycles. The number of carbonyl (C=O) groups is 1. The summed E-state index contributed by atoms with van der Waals surface area (Å²) < 4.78 is 11.7. The van der Waals surface area contributed by atoms with E-state index in [0.717, 1.165) is 34.1 Å². The van der Waals surface area contributed by atoms with Crippen molar-refractivity contribution in [3.05, 3.63) is 58.7 Å². The normalized spacial score (nSPS) is 20.4. The summed E-state index contributed by atoms with van der Waals surface area (Å²) in [6, 6.07) is 6.18. The number of methoxy groups -OCH3 is 1. The van der Waals surface area contributed by atoms with Gasteiger partial charge < -0.3 is 9.47 Å². The van der Waals surface area contributed by atoms with Crippen LogP contribution in [-0.2, 0) is 4.79 Å². The van der Waals surface area contributed by atoms with Gasteiger partial charge >= 0.3 is 5.97 Å². The van der Waals surface area contributed by atoms with Crippen LogP contribution >= 0.6 is 0 Å². The third-order valence-electron chi connectivity index (χ3n) is 5.41. The average Bonchev–Trinajstić information content (AvgIpc) is 3.11. The molecule has 0 saturated carbocycles. The Hall–Kier alpha value is -2.55. The van der Waals surface area contributed by atoms with Gasteiger partial charge in [0, 0.05) is 39.3 Å². The molecule has 0 fully saturated rings. The van der Waals surface area contributed by atoms with Crippen LogP contribution in [0.5, 0.6) is 11.5 Å². The van der Waals surface area contributed by atoms with Crippen molar-refractivity contribution in [3.8, 4) is 11.5 Å². The molecule has 0 saturated heterocycles. The average molecular weight is 334 g/mol. The first-order valence-corrected chi connectivity index (χ1v) is 8.62. The Bertz CT molecular complexity index is 965. The number of allylic oxidation sites excluding steroid dienone is 2. The fourth-order valence-electron chi connectivity index (χ4n) is 4.29. The van der Waals surface area contributed by atoms with E-state index in [-0.39, 0.29) is 5.97 Å². The Morgan fingerprint density at radius 3 is 2.60 bits per heavy atom. The molecular weight excluding hydrogens is 312 g/mol. The third kappa shape index (κ3) is 2.22. The number of esters is 1. The molecule has 0 aliphatic heterocycles. The zero-order chi connectivity index (χ0) is 17.9. The third-order valence-corrected chi connectivity index (χ3v) is 5.41. The van der Waals surface area contributed by atoms with Gasteiger partial charge in [0.25, 0.3) is 0 Å². The first-order valence-electron chi connectivity index (χ1n) is 8.62. The monoisotopic (exact) mass is 334 g/mol. The standard InChI is InChI=1S/C22H22O3/c1-11(2)22(23)25-21-15-7-6-12(3)8-17(15)20(24-5)18-14-9-13(4)16(10-14)19(18)21/h6-9,14,16H,1,10H2,2-5H3. The Balaban J connectivity index is 2.07. The number of hydrogen-bond donors (Lipinski definition) is 0. The molecule has 2 unspecified atom stereocenters. The number of aryl methyl sites for hydroxylation is 1. The molecule has 3 nitrogen and oxygen atoms in total. The van der Waals surface area contributed by atoms with Gasteiger partial charge in [-0.15, -0.1) is 0 Å². The summed E-state index contributed by atoms with van der Waals surface area (Å²) in [6.07, 6.45) is 3.35. The molecule has 25 heavy (non-hydrogen) atoms. The van der Waals surface area contributed by atoms with Gasteiger partial charge in [-0.25, -0.2) is 4.79 Å². The highest BCUT2D eigenvalue weighted by Gasteiger charge is 2.42. The minimum atomic E-state index is -0.376. The van der Waals surface area contributed by atoms with Crippen molar-refractivity contribution < 1.29 is 14.3 Å². The van der Waals surface area contributed by atoms with E-state index in [9.17, 15) is 4.79 Å². The highest BCUT2D eigenvalue weighted by molar-refractivity contribution is 6.00. The first kappa shape index (κ1) is 15.9. The first-order chi connectivity index (χ1) is 11.9. The molecule has 128 valence electrons. The summed E-state index contributed by atoms with van der Waals surface area (Å²) in [6.45, 7) is 9.62. The molecule has 2 aromatic carbocycles. The maximum Gasteiger partial charge on any atom is 0.338 e. The van der Waals surface area contributed by atoms with E-state index in [1.165, 1.54) is 11.1 Å². The van der Waals surface area contributed by atoms with E-state index in [1.54, 1.807) is 14.0 Å². The highest BCUT2D eigenvalue weighted by atomic mass is 16.5. The van der Waals surface area contributed by atoms with Crippen LogP contribution < -0.4 is 9.47 Å². The van der Waals surface area contributed by atoms with Crippen molar-refractivity contribution in [1.82, 2.24) is 0 Å². The zero-order valence-electron chi connectivity index (χ0n) is 15.1. The molecule has 2 aliphatic rings. The molecule has 0 amide bonds. The SMILES string of the molecule is C=C(C)C(=O)Oc1c2c(c(OC)c3cc(C)ccc13)C1C=C(C)C2C1. The Morgan fingerprint density at radius 1 is 1.16 bits per heavy atom. The van der Waals surface area contributed by atoms with Crippen molar-refractivity contribution in [2.45, 2.75) is 39.0 Å². The zero-order valence-corrected chi connectivity index (χ0v) is 15.1. The fraction of sp³-hybridized carbons (Fsp3) is 0.318. The van der Waals surface area contributed by atoms with E-state index in [0.29, 0.717) is 23.2 Å². The number of hydrogen-bond acceptors (Lipinski definition) is 3. The summed E-state index contributed by atoms with van der Waals surface area (Å²) in [5.41, 5.74) is 5.20. The Labute approximate surface area is 147 Å². The lowest BCUT2D eigenvalue weighted by Gasteiger charge is -2.23. The van der Waals surface area contributed by atoms with Gasteiger partial charge in [-0.3, -0.25) is 0 Å². The second-order valence-electron chi connectivity index (χ2n) is 7.21. The molecule has 2 aromatic rings. The van der Waals surface area contributed by atoms with Crippen LogP contribution in [0.2, 0.25) is 0 Å². The van der Waals surface area contributed by atoms with Gasteiger partial charge in [0.05, 0.1) is 7.11 Å². The van der Waals surface area contributed by atoms with Crippen molar-refractivity contribution >= 4 is 16.7 Å². The second kappa shape index (κ2) is 5.48. The van der Waals surface area contributed by atoms with E-state index in [1.807, 2.05) is 12.1 Å². The lowest BCUT2D eigenvalue weighted by molar-refractivity contribution is -0.130. The predicted molar refractivity (Wildman–Crippen MR) is 99.5 cm³/mol. The maximum absolute atomic E-state index is 12.3. The molecule has 4 rings (SSSR count). The van der Waals surface area contributed by atoms with Crippen LogP contribution in [0.25, 0.3) is 10.8 Å². The minimum Gasteiger partial charge on any atom is -0.496 e. The topological polar surface area (TPSA) is 35.5 Å². The largest absolute Gasteiger partial charge is 0.496 e. The summed E-state index contributed by atoms with van der Waals surface area (Å²) >= 11 is 0. The van der Waals surface area contributed by atoms with Crippen LogP contribution in [0.15, 0.2) is 42.0 Å². The summed E-state index contributed by atoms with van der Waals surface area (Å²) in [5, 5.41) is 1.93. The molecule has 2 atom stereocenters. The second-order valence-corrected chi connectivity index (χ2v) is 7.21. The molecular formula is C22H22O3. The lowest BCUT2D eigenvalue weighted by Crippen LogP contribution is -2.12. The predicted octanol–water partition coefficient (Wildman–Crippen LogP) is 5.17. The summed E-state index contributed by atoms with van der Waals surface area (Å²) in [5.74, 6) is 1.85. The van der Waals surface area contributed by atoms with Gasteiger partial charge in [0.15, 0.2) is 0 Å². The van der Waals surface area contributed by atoms with Crippen molar-refractivity contribution in [2.24, 2.45) is 0 Å². The van der Waals surface area contributed by atoms with E-state index >= 15 is 0 Å². The molecule has 0 N–H and O–H groups in total. The molecule has 2 bridgehead atoms. The lowest BCUT2D eigenvalue weighted by atomic mass is 9.87. The quantitative estimate of drug-likeness (QED) is 0.336. The Kier molecular flexibility index (Phi) is 3.50. The molecule has 0 radical (unpaired) electrons. The maximum atomic E-state index is 12.3. The van der Waals surface area contributed by atoms with Crippen molar-refractivity contribution in [2.75, 3.05) is 7.11 Å². The number of carbonyl (C=O) groups excluding carboxylic acids is 1. The summed E-state index contributed by atoms with van der Waals surface area (Å²) in [7, 11) is 1.72. The molecule has 2 aliphatic carbocycles. The van der Waals surface area contributed by atoms with Gasteiger partial charge in [-0.1, -0.05) is 35.9 Å². The summed E-state index contributed by atoms with van der Waals surface area (Å²) in [4.78, 5) is 12.3. The van der Waals surface area contributed by atoms with Gasteiger partial charge in [0.1, 0.15) is 11.5 Å². The van der Waals surface area contributed by atoms with Gasteiger partial charge in [0.2, 0.25) is 0 Å².